The van der Waals surface area contributed by atoms with E-state index >= 15 is 0 Å². The quantitative estimate of drug-likeness (QED) is 0.281. The molecule has 2 amide bonds. The van der Waals surface area contributed by atoms with Crippen molar-refractivity contribution in [1.29, 1.82) is 0 Å². The second-order valence-corrected chi connectivity index (χ2v) is 9.19. The van der Waals surface area contributed by atoms with Gasteiger partial charge in [0.05, 0.1) is 0 Å². The molecule has 0 fully saturated rings. The number of carbonyl (C=O) groups is 2. The molecule has 0 aliphatic rings. The summed E-state index contributed by atoms with van der Waals surface area (Å²) in [5.74, 6) is -0.239. The SMILES string of the molecule is CCCCN(CCCC)CCNC(=O)c1cccc(C(=O)NCCN(CCCC)CCCC)c1. The van der Waals surface area contributed by atoms with Gasteiger partial charge in [-0.3, -0.25) is 9.59 Å². The van der Waals surface area contributed by atoms with Crippen LogP contribution >= 0.6 is 0 Å². The van der Waals surface area contributed by atoms with Crippen LogP contribution in [0.15, 0.2) is 24.3 Å². The predicted octanol–water partition coefficient (Wildman–Crippen LogP) is 4.95. The summed E-state index contributed by atoms with van der Waals surface area (Å²) in [6.45, 7) is 16.1. The lowest BCUT2D eigenvalue weighted by atomic mass is 10.1. The smallest absolute Gasteiger partial charge is 0.251 e. The summed E-state index contributed by atoms with van der Waals surface area (Å²) in [6.07, 6.45) is 9.46. The molecule has 0 bridgehead atoms. The van der Waals surface area contributed by atoms with Crippen LogP contribution in [0.3, 0.4) is 0 Å². The minimum Gasteiger partial charge on any atom is -0.351 e. The number of nitrogens with one attached hydrogen (secondary N) is 2. The third-order valence-electron chi connectivity index (χ3n) is 6.13. The zero-order chi connectivity index (χ0) is 25.0. The fourth-order valence-electron chi connectivity index (χ4n) is 3.86. The number of carbonyl (C=O) groups excluding carboxylic acids is 2. The highest BCUT2D eigenvalue weighted by molar-refractivity contribution is 5.99. The van der Waals surface area contributed by atoms with Gasteiger partial charge in [-0.1, -0.05) is 59.4 Å². The largest absolute Gasteiger partial charge is 0.351 e. The molecule has 34 heavy (non-hydrogen) atoms. The van der Waals surface area contributed by atoms with E-state index in [1.54, 1.807) is 24.3 Å². The van der Waals surface area contributed by atoms with E-state index in [1.165, 1.54) is 51.4 Å². The van der Waals surface area contributed by atoms with Gasteiger partial charge >= 0.3 is 0 Å². The molecule has 6 heteroatoms. The van der Waals surface area contributed by atoms with Crippen molar-refractivity contribution in [1.82, 2.24) is 20.4 Å². The van der Waals surface area contributed by atoms with Gasteiger partial charge in [0, 0.05) is 37.3 Å². The van der Waals surface area contributed by atoms with Crippen molar-refractivity contribution in [3.63, 3.8) is 0 Å². The lowest BCUT2D eigenvalue weighted by Crippen LogP contribution is -2.36. The molecule has 0 aromatic heterocycles. The molecule has 0 saturated carbocycles. The topological polar surface area (TPSA) is 64.7 Å². The molecule has 194 valence electrons. The fraction of sp³-hybridized carbons (Fsp3) is 0.714. The lowest BCUT2D eigenvalue weighted by molar-refractivity contribution is 0.0947. The fourth-order valence-corrected chi connectivity index (χ4v) is 3.86. The standard InChI is InChI=1S/C28H50N4O2/c1-5-9-18-31(19-10-6-2)22-16-29-27(33)25-14-13-15-26(24-25)28(34)30-17-23-32(20-11-7-3)21-12-8-4/h13-15,24H,5-12,16-23H2,1-4H3,(H,29,33)(H,30,34). The van der Waals surface area contributed by atoms with Crippen LogP contribution in [0, 0.1) is 0 Å². The summed E-state index contributed by atoms with van der Waals surface area (Å²) < 4.78 is 0. The van der Waals surface area contributed by atoms with E-state index < -0.39 is 0 Å². The Balaban J connectivity index is 2.52. The Morgan fingerprint density at radius 2 is 0.971 bits per heavy atom. The molecule has 0 radical (unpaired) electrons. The van der Waals surface area contributed by atoms with Crippen molar-refractivity contribution >= 4 is 11.8 Å². The maximum absolute atomic E-state index is 12.7. The number of benzene rings is 1. The van der Waals surface area contributed by atoms with Crippen molar-refractivity contribution in [2.45, 2.75) is 79.1 Å². The second-order valence-electron chi connectivity index (χ2n) is 9.19. The average Bonchev–Trinajstić information content (AvgIpc) is 2.86. The average molecular weight is 475 g/mol. The van der Waals surface area contributed by atoms with Gasteiger partial charge in [0.1, 0.15) is 0 Å². The van der Waals surface area contributed by atoms with E-state index in [0.717, 1.165) is 39.3 Å². The summed E-state index contributed by atoms with van der Waals surface area (Å²) in [6, 6.07) is 7.03. The third kappa shape index (κ3) is 13.1. The molecule has 1 aromatic carbocycles. The first-order valence-electron chi connectivity index (χ1n) is 13.7. The molecule has 0 heterocycles. The maximum atomic E-state index is 12.7. The van der Waals surface area contributed by atoms with Crippen LogP contribution in [0.2, 0.25) is 0 Å². The number of rotatable bonds is 20. The second kappa shape index (κ2) is 19.4. The van der Waals surface area contributed by atoms with E-state index in [9.17, 15) is 9.59 Å². The van der Waals surface area contributed by atoms with E-state index in [0.29, 0.717) is 24.2 Å². The molecule has 1 rings (SSSR count). The molecular formula is C28H50N4O2. The molecule has 0 spiro atoms. The minimum absolute atomic E-state index is 0.120. The van der Waals surface area contributed by atoms with Gasteiger partial charge in [-0.2, -0.15) is 0 Å². The monoisotopic (exact) mass is 474 g/mol. The van der Waals surface area contributed by atoms with Gasteiger partial charge in [0.15, 0.2) is 0 Å². The van der Waals surface area contributed by atoms with Crippen molar-refractivity contribution < 1.29 is 9.59 Å². The molecule has 1 aromatic rings. The molecule has 2 N–H and O–H groups in total. The Bertz CT molecular complexity index is 611. The normalized spacial score (nSPS) is 11.2. The Labute approximate surface area is 208 Å². The number of unbranched alkanes of at least 4 members (excludes halogenated alkanes) is 4. The highest BCUT2D eigenvalue weighted by atomic mass is 16.2. The van der Waals surface area contributed by atoms with Crippen LogP contribution in [0.1, 0.15) is 99.8 Å². The molecule has 6 nitrogen and oxygen atoms in total. The van der Waals surface area contributed by atoms with Gasteiger partial charge in [-0.05, 0) is 70.1 Å². The van der Waals surface area contributed by atoms with E-state index in [-0.39, 0.29) is 11.8 Å². The summed E-state index contributed by atoms with van der Waals surface area (Å²) in [5.41, 5.74) is 1.07. The van der Waals surface area contributed by atoms with Crippen LogP contribution < -0.4 is 10.6 Å². The Morgan fingerprint density at radius 1 is 0.618 bits per heavy atom. The van der Waals surface area contributed by atoms with Crippen LogP contribution in [0.5, 0.6) is 0 Å². The van der Waals surface area contributed by atoms with Crippen molar-refractivity contribution in [3.8, 4) is 0 Å². The van der Waals surface area contributed by atoms with E-state index in [4.69, 9.17) is 0 Å². The zero-order valence-corrected chi connectivity index (χ0v) is 22.3. The summed E-state index contributed by atoms with van der Waals surface area (Å²) >= 11 is 0. The molecule has 0 unspecified atom stereocenters. The zero-order valence-electron chi connectivity index (χ0n) is 22.3. The molecular weight excluding hydrogens is 424 g/mol. The summed E-state index contributed by atoms with van der Waals surface area (Å²) in [4.78, 5) is 30.2. The van der Waals surface area contributed by atoms with Crippen LogP contribution in [-0.2, 0) is 0 Å². The minimum atomic E-state index is -0.120. The van der Waals surface area contributed by atoms with Gasteiger partial charge in [-0.25, -0.2) is 0 Å². The number of hydrogen-bond donors (Lipinski definition) is 2. The number of nitrogens with zero attached hydrogens (tertiary/aromatic N) is 2. The first-order valence-corrected chi connectivity index (χ1v) is 13.7. The van der Waals surface area contributed by atoms with Crippen LogP contribution in [0.25, 0.3) is 0 Å². The van der Waals surface area contributed by atoms with Crippen molar-refractivity contribution in [2.75, 3.05) is 52.4 Å². The number of hydrogen-bond acceptors (Lipinski definition) is 4. The van der Waals surface area contributed by atoms with Gasteiger partial charge in [0.25, 0.3) is 11.8 Å². The summed E-state index contributed by atoms with van der Waals surface area (Å²) in [7, 11) is 0. The first-order chi connectivity index (χ1) is 16.5. The molecule has 0 aliphatic carbocycles. The Hall–Kier alpha value is -1.92. The van der Waals surface area contributed by atoms with Crippen molar-refractivity contribution in [2.24, 2.45) is 0 Å². The highest BCUT2D eigenvalue weighted by Gasteiger charge is 2.12. The Kier molecular flexibility index (Phi) is 17.2. The molecule has 0 aliphatic heterocycles. The predicted molar refractivity (Wildman–Crippen MR) is 144 cm³/mol. The maximum Gasteiger partial charge on any atom is 0.251 e. The summed E-state index contributed by atoms with van der Waals surface area (Å²) in [5, 5.41) is 6.05. The first kappa shape index (κ1) is 30.1. The van der Waals surface area contributed by atoms with E-state index in [2.05, 4.69) is 48.1 Å². The van der Waals surface area contributed by atoms with Gasteiger partial charge in [-0.15, -0.1) is 0 Å². The molecule has 0 saturated heterocycles. The lowest BCUT2D eigenvalue weighted by Gasteiger charge is -2.22. The van der Waals surface area contributed by atoms with E-state index in [1.807, 2.05) is 0 Å². The van der Waals surface area contributed by atoms with Crippen LogP contribution in [-0.4, -0.2) is 74.0 Å². The Morgan fingerprint density at radius 3 is 1.29 bits per heavy atom. The van der Waals surface area contributed by atoms with Gasteiger partial charge in [0.2, 0.25) is 0 Å². The van der Waals surface area contributed by atoms with Crippen molar-refractivity contribution in [3.05, 3.63) is 35.4 Å². The highest BCUT2D eigenvalue weighted by Crippen LogP contribution is 2.06. The molecule has 0 atom stereocenters. The van der Waals surface area contributed by atoms with Gasteiger partial charge < -0.3 is 20.4 Å². The van der Waals surface area contributed by atoms with Crippen LogP contribution in [0.4, 0.5) is 0 Å². The number of amides is 2. The third-order valence-corrected chi connectivity index (χ3v) is 6.13.